The normalized spacial score (nSPS) is 17.8. The summed E-state index contributed by atoms with van der Waals surface area (Å²) in [6.07, 6.45) is 3.47. The van der Waals surface area contributed by atoms with Gasteiger partial charge < -0.3 is 5.11 Å². The fourth-order valence-electron chi connectivity index (χ4n) is 3.71. The van der Waals surface area contributed by atoms with E-state index in [9.17, 15) is 26.7 Å². The summed E-state index contributed by atoms with van der Waals surface area (Å²) in [5.74, 6) is -1.17. The van der Waals surface area contributed by atoms with Crippen molar-refractivity contribution in [1.29, 1.82) is 0 Å². The second-order valence-electron chi connectivity index (χ2n) is 11.3. The van der Waals surface area contributed by atoms with E-state index in [2.05, 4.69) is 4.40 Å². The zero-order chi connectivity index (χ0) is 28.4. The minimum atomic E-state index is -4.12. The Morgan fingerprint density at radius 3 is 1.86 bits per heavy atom. The van der Waals surface area contributed by atoms with Gasteiger partial charge in [-0.1, -0.05) is 68.2 Å². The first-order chi connectivity index (χ1) is 16.8. The number of amides is 1. The van der Waals surface area contributed by atoms with Gasteiger partial charge in [0.15, 0.2) is 0 Å². The second-order valence-corrected chi connectivity index (χ2v) is 16.0. The number of nitrogens with zero attached hydrogens (tertiary/aromatic N) is 2. The van der Waals surface area contributed by atoms with E-state index >= 15 is 0 Å². The lowest BCUT2D eigenvalue weighted by molar-refractivity contribution is -0.119. The SMILES string of the molecule is CCCCS(=O)(=O)N=C1SC(=Cc2cc(C(C)(C)C)c(O)c(C(C)(C)C)c2)C(=O)N1S(=O)(=O)CCCC. The molecule has 0 atom stereocenters. The van der Waals surface area contributed by atoms with Gasteiger partial charge in [0.25, 0.3) is 15.9 Å². The van der Waals surface area contributed by atoms with Crippen LogP contribution >= 0.6 is 11.8 Å². The van der Waals surface area contributed by atoms with E-state index in [1.165, 1.54) is 0 Å². The van der Waals surface area contributed by atoms with E-state index < -0.39 is 36.8 Å². The fraction of sp³-hybridized carbons (Fsp3) is 0.615. The van der Waals surface area contributed by atoms with Crippen LogP contribution in [0.25, 0.3) is 6.08 Å². The maximum absolute atomic E-state index is 13.4. The maximum atomic E-state index is 13.4. The first-order valence-corrected chi connectivity index (χ1v) is 16.5. The largest absolute Gasteiger partial charge is 0.507 e. The third kappa shape index (κ3) is 7.83. The summed E-state index contributed by atoms with van der Waals surface area (Å²) in [6.45, 7) is 15.5. The van der Waals surface area contributed by atoms with E-state index in [0.29, 0.717) is 46.7 Å². The smallest absolute Gasteiger partial charge is 0.280 e. The molecular weight excluding hydrogens is 532 g/mol. The second kappa shape index (κ2) is 11.5. The Kier molecular flexibility index (Phi) is 9.74. The van der Waals surface area contributed by atoms with Gasteiger partial charge in [-0.25, -0.2) is 16.8 Å². The molecule has 1 aromatic carbocycles. The van der Waals surface area contributed by atoms with Crippen LogP contribution in [0.4, 0.5) is 0 Å². The summed E-state index contributed by atoms with van der Waals surface area (Å²) in [7, 11) is -8.09. The van der Waals surface area contributed by atoms with Crippen LogP contribution in [0.2, 0.25) is 0 Å². The van der Waals surface area contributed by atoms with Crippen LogP contribution in [-0.4, -0.2) is 48.8 Å². The Hall–Kier alpha value is -1.85. The van der Waals surface area contributed by atoms with Crippen LogP contribution < -0.4 is 0 Å². The Labute approximate surface area is 226 Å². The van der Waals surface area contributed by atoms with Crippen LogP contribution in [-0.2, 0) is 35.7 Å². The van der Waals surface area contributed by atoms with Gasteiger partial charge in [0.2, 0.25) is 15.2 Å². The average Bonchev–Trinajstić information content (AvgIpc) is 3.04. The predicted octanol–water partition coefficient (Wildman–Crippen LogP) is 5.52. The number of phenolic OH excluding ortho intramolecular Hbond substituents is 1. The average molecular weight is 573 g/mol. The third-order valence-corrected chi connectivity index (χ3v) is 9.98. The van der Waals surface area contributed by atoms with Crippen LogP contribution in [0.1, 0.15) is 97.8 Å². The fourth-order valence-corrected chi connectivity index (χ4v) is 8.03. The van der Waals surface area contributed by atoms with E-state index in [1.54, 1.807) is 18.2 Å². The van der Waals surface area contributed by atoms with Gasteiger partial charge in [0.05, 0.1) is 16.4 Å². The summed E-state index contributed by atoms with van der Waals surface area (Å²) in [5.41, 5.74) is 1.17. The number of hydrogen-bond acceptors (Lipinski definition) is 7. The molecule has 11 heteroatoms. The van der Waals surface area contributed by atoms with Crippen LogP contribution in [0.15, 0.2) is 21.4 Å². The van der Waals surface area contributed by atoms with Gasteiger partial charge in [-0.05, 0) is 59.2 Å². The number of phenols is 1. The number of amidine groups is 1. The molecular formula is C26H40N2O6S3. The Morgan fingerprint density at radius 1 is 0.919 bits per heavy atom. The zero-order valence-corrected chi connectivity index (χ0v) is 25.5. The van der Waals surface area contributed by atoms with Gasteiger partial charge in [0.1, 0.15) is 5.75 Å². The molecule has 2 rings (SSSR count). The molecule has 1 saturated heterocycles. The standard InChI is InChI=1S/C26H40N2O6S3/c1-9-11-13-36(31,32)27-24-28(37(33,34)14-12-10-2)23(30)21(35-24)17-18-15-19(25(3,4)5)22(29)20(16-18)26(6,7)8/h15-17,29H,9-14H2,1-8H3. The molecule has 1 fully saturated rings. The molecule has 1 heterocycles. The van der Waals surface area contributed by atoms with Crippen molar-refractivity contribution in [3.05, 3.63) is 33.7 Å². The molecule has 1 aliphatic rings. The van der Waals surface area contributed by atoms with Crippen molar-refractivity contribution in [2.45, 2.75) is 91.9 Å². The molecule has 0 spiro atoms. The highest BCUT2D eigenvalue weighted by Gasteiger charge is 2.42. The van der Waals surface area contributed by atoms with Crippen LogP contribution in [0.3, 0.4) is 0 Å². The summed E-state index contributed by atoms with van der Waals surface area (Å²) in [4.78, 5) is 13.4. The van der Waals surface area contributed by atoms with Crippen molar-refractivity contribution < 1.29 is 26.7 Å². The maximum Gasteiger partial charge on any atom is 0.280 e. The minimum Gasteiger partial charge on any atom is -0.507 e. The van der Waals surface area contributed by atoms with Crippen LogP contribution in [0.5, 0.6) is 5.75 Å². The van der Waals surface area contributed by atoms with Gasteiger partial charge in [0, 0.05) is 11.1 Å². The lowest BCUT2D eigenvalue weighted by atomic mass is 9.78. The van der Waals surface area contributed by atoms with Crippen molar-refractivity contribution in [2.75, 3.05) is 11.5 Å². The van der Waals surface area contributed by atoms with E-state index in [1.807, 2.05) is 55.4 Å². The van der Waals surface area contributed by atoms with Crippen molar-refractivity contribution in [1.82, 2.24) is 4.31 Å². The number of thioether (sulfide) groups is 1. The topological polar surface area (TPSA) is 121 Å². The first-order valence-electron chi connectivity index (χ1n) is 12.5. The molecule has 0 saturated carbocycles. The monoisotopic (exact) mass is 572 g/mol. The van der Waals surface area contributed by atoms with E-state index in [-0.39, 0.29) is 27.3 Å². The summed E-state index contributed by atoms with van der Waals surface area (Å²) < 4.78 is 55.6. The third-order valence-electron chi connectivity index (χ3n) is 5.82. The number of hydrogen-bond donors (Lipinski definition) is 1. The molecule has 0 aromatic heterocycles. The summed E-state index contributed by atoms with van der Waals surface area (Å²) >= 11 is 0.740. The molecule has 0 unspecified atom stereocenters. The Balaban J connectivity index is 2.72. The van der Waals surface area contributed by atoms with Crippen molar-refractivity contribution in [3.63, 3.8) is 0 Å². The Morgan fingerprint density at radius 2 is 1.41 bits per heavy atom. The lowest BCUT2D eigenvalue weighted by Gasteiger charge is -2.28. The summed E-state index contributed by atoms with van der Waals surface area (Å²) in [5, 5.41) is 10.6. The van der Waals surface area contributed by atoms with Crippen LogP contribution in [0, 0.1) is 0 Å². The highest BCUT2D eigenvalue weighted by molar-refractivity contribution is 8.20. The predicted molar refractivity (Wildman–Crippen MR) is 153 cm³/mol. The molecule has 37 heavy (non-hydrogen) atoms. The molecule has 208 valence electrons. The molecule has 1 aliphatic heterocycles. The number of rotatable bonds is 9. The molecule has 1 aromatic rings. The first kappa shape index (κ1) is 31.4. The lowest BCUT2D eigenvalue weighted by Crippen LogP contribution is -2.37. The number of benzene rings is 1. The highest BCUT2D eigenvalue weighted by Crippen LogP contribution is 2.41. The zero-order valence-electron chi connectivity index (χ0n) is 23.1. The Bertz CT molecular complexity index is 1260. The van der Waals surface area contributed by atoms with Gasteiger partial charge in [-0.15, -0.1) is 4.40 Å². The highest BCUT2D eigenvalue weighted by atomic mass is 32.2. The van der Waals surface area contributed by atoms with Crippen molar-refractivity contribution >= 4 is 49.0 Å². The number of carbonyl (C=O) groups excluding carboxylic acids is 1. The van der Waals surface area contributed by atoms with E-state index in [0.717, 1.165) is 11.8 Å². The molecule has 0 radical (unpaired) electrons. The molecule has 0 aliphatic carbocycles. The minimum absolute atomic E-state index is 0.0509. The molecule has 1 amide bonds. The van der Waals surface area contributed by atoms with E-state index in [4.69, 9.17) is 0 Å². The number of carbonyl (C=O) groups is 1. The quantitative estimate of drug-likeness (QED) is 0.387. The van der Waals surface area contributed by atoms with Gasteiger partial charge in [-0.2, -0.15) is 4.31 Å². The number of sulfonamides is 2. The van der Waals surface area contributed by atoms with Gasteiger partial charge in [-0.3, -0.25) is 4.79 Å². The number of aromatic hydroxyl groups is 1. The summed E-state index contributed by atoms with van der Waals surface area (Å²) in [6, 6.07) is 3.54. The van der Waals surface area contributed by atoms with Crippen molar-refractivity contribution in [2.24, 2.45) is 4.40 Å². The van der Waals surface area contributed by atoms with Crippen molar-refractivity contribution in [3.8, 4) is 5.75 Å². The van der Waals surface area contributed by atoms with Gasteiger partial charge >= 0.3 is 0 Å². The molecule has 0 bridgehead atoms. The molecule has 1 N–H and O–H groups in total. The molecule has 8 nitrogen and oxygen atoms in total. The number of unbranched alkanes of at least 4 members (excludes halogenated alkanes) is 2.